The Bertz CT molecular complexity index is 908. The standard InChI is InChI=1S/C23H21Cl/c1-13-9-14-11-16-19(10-13)23(20(16)12-14)17-6-3-2-5-15(17)22-18(23)7-4-8-21(22)24/h2-8,10,13-14,16,20H,9,11-12H2,1H3. The highest BCUT2D eigenvalue weighted by atomic mass is 35.5. The summed E-state index contributed by atoms with van der Waals surface area (Å²) >= 11 is 6.69. The molecular formula is C23H21Cl. The van der Waals surface area contributed by atoms with Crippen molar-refractivity contribution in [2.75, 3.05) is 0 Å². The summed E-state index contributed by atoms with van der Waals surface area (Å²) in [5.41, 5.74) is 7.53. The third-order valence-corrected chi connectivity index (χ3v) is 7.62. The highest BCUT2D eigenvalue weighted by Crippen LogP contribution is 2.73. The molecule has 120 valence electrons. The van der Waals surface area contributed by atoms with Crippen LogP contribution < -0.4 is 0 Å². The molecule has 0 saturated heterocycles. The summed E-state index contributed by atoms with van der Waals surface area (Å²) < 4.78 is 0. The molecule has 4 aliphatic rings. The fourth-order valence-corrected chi connectivity index (χ4v) is 7.03. The third-order valence-electron chi connectivity index (χ3n) is 7.30. The maximum Gasteiger partial charge on any atom is 0.0487 e. The van der Waals surface area contributed by atoms with Crippen molar-refractivity contribution in [2.24, 2.45) is 23.7 Å². The van der Waals surface area contributed by atoms with E-state index in [1.807, 2.05) is 0 Å². The Morgan fingerprint density at radius 3 is 2.71 bits per heavy atom. The molecule has 0 nitrogen and oxygen atoms in total. The van der Waals surface area contributed by atoms with Gasteiger partial charge in [-0.3, -0.25) is 0 Å². The van der Waals surface area contributed by atoms with Gasteiger partial charge in [0.25, 0.3) is 0 Å². The van der Waals surface area contributed by atoms with Crippen LogP contribution in [0.3, 0.4) is 0 Å². The van der Waals surface area contributed by atoms with Crippen molar-refractivity contribution in [2.45, 2.75) is 31.6 Å². The van der Waals surface area contributed by atoms with Crippen LogP contribution >= 0.6 is 11.6 Å². The van der Waals surface area contributed by atoms with Gasteiger partial charge < -0.3 is 0 Å². The second-order valence-corrected chi connectivity index (χ2v) is 8.81. The van der Waals surface area contributed by atoms with E-state index in [1.165, 1.54) is 41.5 Å². The van der Waals surface area contributed by atoms with E-state index in [2.05, 4.69) is 55.5 Å². The third kappa shape index (κ3) is 1.36. The predicted molar refractivity (Wildman–Crippen MR) is 99.2 cm³/mol. The van der Waals surface area contributed by atoms with Gasteiger partial charge in [0.15, 0.2) is 0 Å². The van der Waals surface area contributed by atoms with Gasteiger partial charge in [-0.15, -0.1) is 0 Å². The molecule has 0 N–H and O–H groups in total. The van der Waals surface area contributed by atoms with Crippen LogP contribution in [0.25, 0.3) is 11.1 Å². The van der Waals surface area contributed by atoms with E-state index in [0.717, 1.165) is 22.8 Å². The van der Waals surface area contributed by atoms with E-state index in [1.54, 1.807) is 5.57 Å². The zero-order valence-corrected chi connectivity index (χ0v) is 14.7. The molecule has 0 aliphatic heterocycles. The lowest BCUT2D eigenvalue weighted by Crippen LogP contribution is -2.51. The van der Waals surface area contributed by atoms with Crippen LogP contribution in [0.2, 0.25) is 5.02 Å². The molecular weight excluding hydrogens is 312 g/mol. The summed E-state index contributed by atoms with van der Waals surface area (Å²) in [7, 11) is 0. The van der Waals surface area contributed by atoms with E-state index in [0.29, 0.717) is 5.92 Å². The number of hydrogen-bond acceptors (Lipinski definition) is 0. The minimum absolute atomic E-state index is 0.130. The van der Waals surface area contributed by atoms with E-state index >= 15 is 0 Å². The molecule has 5 unspecified atom stereocenters. The molecule has 2 aromatic carbocycles. The summed E-state index contributed by atoms with van der Waals surface area (Å²) in [6.07, 6.45) is 6.83. The molecule has 1 spiro atoms. The molecule has 2 aromatic rings. The first-order valence-electron chi connectivity index (χ1n) is 9.32. The Labute approximate surface area is 148 Å². The van der Waals surface area contributed by atoms with Crippen molar-refractivity contribution in [3.63, 3.8) is 0 Å². The van der Waals surface area contributed by atoms with E-state index < -0.39 is 0 Å². The SMILES string of the molecule is CC1C=C2C3CC(C1)CC3C21c2ccccc2-c2c(Cl)cccc21. The van der Waals surface area contributed by atoms with Gasteiger partial charge in [0.2, 0.25) is 0 Å². The lowest BCUT2D eigenvalue weighted by atomic mass is 9.47. The number of benzene rings is 2. The molecule has 2 fully saturated rings. The summed E-state index contributed by atoms with van der Waals surface area (Å²) in [4.78, 5) is 0. The maximum atomic E-state index is 6.69. The van der Waals surface area contributed by atoms with Gasteiger partial charge in [-0.25, -0.2) is 0 Å². The number of allylic oxidation sites excluding steroid dienone is 2. The first-order chi connectivity index (χ1) is 11.7. The topological polar surface area (TPSA) is 0 Å². The lowest BCUT2D eigenvalue weighted by molar-refractivity contribution is 0.193. The van der Waals surface area contributed by atoms with E-state index in [9.17, 15) is 0 Å². The first-order valence-corrected chi connectivity index (χ1v) is 9.70. The largest absolute Gasteiger partial charge is 0.0837 e. The van der Waals surface area contributed by atoms with Gasteiger partial charge in [-0.05, 0) is 65.7 Å². The Kier molecular flexibility index (Phi) is 2.49. The lowest BCUT2D eigenvalue weighted by Gasteiger charge is -2.55. The van der Waals surface area contributed by atoms with E-state index in [-0.39, 0.29) is 5.41 Å². The molecule has 1 heteroatoms. The van der Waals surface area contributed by atoms with Crippen LogP contribution in [0.4, 0.5) is 0 Å². The second kappa shape index (κ2) is 4.35. The van der Waals surface area contributed by atoms with Gasteiger partial charge in [-0.1, -0.05) is 66.6 Å². The van der Waals surface area contributed by atoms with Crippen molar-refractivity contribution < 1.29 is 0 Å². The number of rotatable bonds is 0. The normalized spacial score (nSPS) is 37.5. The Hall–Kier alpha value is -1.53. The summed E-state index contributed by atoms with van der Waals surface area (Å²) in [5, 5.41) is 0.916. The minimum Gasteiger partial charge on any atom is -0.0837 e. The van der Waals surface area contributed by atoms with Gasteiger partial charge in [-0.2, -0.15) is 0 Å². The average molecular weight is 333 g/mol. The molecule has 0 amide bonds. The van der Waals surface area contributed by atoms with Crippen molar-refractivity contribution >= 4 is 11.6 Å². The quantitative estimate of drug-likeness (QED) is 0.502. The Morgan fingerprint density at radius 1 is 0.958 bits per heavy atom. The molecule has 5 atom stereocenters. The highest BCUT2D eigenvalue weighted by Gasteiger charge is 2.66. The van der Waals surface area contributed by atoms with Gasteiger partial charge in [0, 0.05) is 16.0 Å². The smallest absolute Gasteiger partial charge is 0.0487 e. The summed E-state index contributed by atoms with van der Waals surface area (Å²) in [5.74, 6) is 3.22. The molecule has 0 heterocycles. The van der Waals surface area contributed by atoms with Crippen molar-refractivity contribution in [1.82, 2.24) is 0 Å². The number of hydrogen-bond donors (Lipinski definition) is 0. The van der Waals surface area contributed by atoms with Crippen LogP contribution in [-0.2, 0) is 5.41 Å². The molecule has 6 rings (SSSR count). The van der Waals surface area contributed by atoms with Crippen LogP contribution in [0.15, 0.2) is 54.1 Å². The minimum atomic E-state index is 0.130. The van der Waals surface area contributed by atoms with Crippen LogP contribution in [-0.4, -0.2) is 0 Å². The molecule has 0 radical (unpaired) electrons. The van der Waals surface area contributed by atoms with Gasteiger partial charge >= 0.3 is 0 Å². The summed E-state index contributed by atoms with van der Waals surface area (Å²) in [6.45, 7) is 2.41. The molecule has 2 saturated carbocycles. The number of fused-ring (bicyclic) bond motifs is 8. The average Bonchev–Trinajstić information content (AvgIpc) is 3.03. The van der Waals surface area contributed by atoms with Crippen molar-refractivity contribution in [3.8, 4) is 11.1 Å². The van der Waals surface area contributed by atoms with Crippen LogP contribution in [0, 0.1) is 23.7 Å². The zero-order valence-electron chi connectivity index (χ0n) is 13.9. The van der Waals surface area contributed by atoms with E-state index in [4.69, 9.17) is 11.6 Å². The van der Waals surface area contributed by atoms with Gasteiger partial charge in [0.05, 0.1) is 0 Å². The fourth-order valence-electron chi connectivity index (χ4n) is 6.75. The Balaban J connectivity index is 1.72. The monoisotopic (exact) mass is 332 g/mol. The second-order valence-electron chi connectivity index (χ2n) is 8.40. The number of halogens is 1. The van der Waals surface area contributed by atoms with Crippen molar-refractivity contribution in [3.05, 3.63) is 70.3 Å². The summed E-state index contributed by atoms with van der Waals surface area (Å²) in [6, 6.07) is 15.6. The molecule has 24 heavy (non-hydrogen) atoms. The molecule has 2 bridgehead atoms. The molecule has 4 aliphatic carbocycles. The Morgan fingerprint density at radius 2 is 1.79 bits per heavy atom. The first kappa shape index (κ1) is 13.7. The van der Waals surface area contributed by atoms with Crippen LogP contribution in [0.1, 0.15) is 37.3 Å². The van der Waals surface area contributed by atoms with Gasteiger partial charge in [0.1, 0.15) is 0 Å². The maximum absolute atomic E-state index is 6.69. The zero-order chi connectivity index (χ0) is 16.1. The van der Waals surface area contributed by atoms with Crippen LogP contribution in [0.5, 0.6) is 0 Å². The predicted octanol–water partition coefficient (Wildman–Crippen LogP) is 6.23. The molecule has 0 aromatic heterocycles. The highest BCUT2D eigenvalue weighted by molar-refractivity contribution is 6.34. The fraction of sp³-hybridized carbons (Fsp3) is 0.391. The van der Waals surface area contributed by atoms with Crippen molar-refractivity contribution in [1.29, 1.82) is 0 Å².